The Morgan fingerprint density at radius 3 is 2.84 bits per heavy atom. The molecule has 10 heteroatoms. The Hall–Kier alpha value is -3.17. The van der Waals surface area contributed by atoms with Gasteiger partial charge >= 0.3 is 6.09 Å². The van der Waals surface area contributed by atoms with Crippen LogP contribution < -0.4 is 15.5 Å². The molecular formula is C21H19ClFN3O5. The van der Waals surface area contributed by atoms with Crippen molar-refractivity contribution in [3.63, 3.8) is 0 Å². The molecule has 3 amide bonds. The van der Waals surface area contributed by atoms with E-state index in [2.05, 4.69) is 10.6 Å². The largest absolute Gasteiger partial charge is 0.410 e. The molecule has 0 radical (unpaired) electrons. The molecule has 162 valence electrons. The van der Waals surface area contributed by atoms with Gasteiger partial charge in [0.15, 0.2) is 0 Å². The van der Waals surface area contributed by atoms with Crippen LogP contribution in [0.15, 0.2) is 36.4 Å². The lowest BCUT2D eigenvalue weighted by atomic mass is 10.0. The van der Waals surface area contributed by atoms with Crippen LogP contribution in [0.2, 0.25) is 5.02 Å². The number of alkyl carbamates (subject to hydrolysis) is 1. The first-order chi connectivity index (χ1) is 14.7. The Balaban J connectivity index is 1.40. The molecular weight excluding hydrogens is 429 g/mol. The molecule has 0 saturated carbocycles. The van der Waals surface area contributed by atoms with Crippen molar-refractivity contribution in [2.75, 3.05) is 16.8 Å². The van der Waals surface area contributed by atoms with Crippen molar-refractivity contribution in [2.45, 2.75) is 31.6 Å². The average molecular weight is 448 g/mol. The van der Waals surface area contributed by atoms with Gasteiger partial charge in [0.1, 0.15) is 5.82 Å². The second-order valence-corrected chi connectivity index (χ2v) is 7.80. The first-order valence-corrected chi connectivity index (χ1v) is 10.0. The summed E-state index contributed by atoms with van der Waals surface area (Å²) < 4.78 is 18.8. The number of aliphatic hydroxyl groups is 1. The van der Waals surface area contributed by atoms with Gasteiger partial charge < -0.3 is 25.4 Å². The minimum absolute atomic E-state index is 0.0650. The lowest BCUT2D eigenvalue weighted by Crippen LogP contribution is -2.46. The molecule has 2 aromatic rings. The lowest BCUT2D eigenvalue weighted by Gasteiger charge is -2.24. The van der Waals surface area contributed by atoms with Crippen LogP contribution in [0.1, 0.15) is 24.0 Å². The summed E-state index contributed by atoms with van der Waals surface area (Å²) in [6.45, 7) is -0.0636. The van der Waals surface area contributed by atoms with Gasteiger partial charge in [-0.2, -0.15) is 0 Å². The Labute approximate surface area is 181 Å². The first-order valence-electron chi connectivity index (χ1n) is 9.63. The van der Waals surface area contributed by atoms with Gasteiger partial charge in [0.25, 0.3) is 11.7 Å². The summed E-state index contributed by atoms with van der Waals surface area (Å²) >= 11 is 5.69. The molecule has 2 aromatic carbocycles. The fourth-order valence-electron chi connectivity index (χ4n) is 3.58. The maximum atomic E-state index is 13.8. The van der Waals surface area contributed by atoms with Gasteiger partial charge in [-0.3, -0.25) is 9.59 Å². The Kier molecular flexibility index (Phi) is 5.55. The van der Waals surface area contributed by atoms with E-state index in [1.165, 1.54) is 17.0 Å². The van der Waals surface area contributed by atoms with Crippen LogP contribution in [-0.4, -0.2) is 35.3 Å². The molecule has 31 heavy (non-hydrogen) atoms. The predicted molar refractivity (Wildman–Crippen MR) is 110 cm³/mol. The number of carbonyl (C=O) groups is 3. The van der Waals surface area contributed by atoms with Gasteiger partial charge in [-0.15, -0.1) is 0 Å². The highest BCUT2D eigenvalue weighted by Crippen LogP contribution is 2.33. The van der Waals surface area contributed by atoms with E-state index in [1.807, 2.05) is 0 Å². The fourth-order valence-corrected chi connectivity index (χ4v) is 3.74. The zero-order chi connectivity index (χ0) is 22.2. The number of aryl methyl sites for hydroxylation is 1. The van der Waals surface area contributed by atoms with Gasteiger partial charge in [0.05, 0.1) is 0 Å². The van der Waals surface area contributed by atoms with Crippen LogP contribution in [0, 0.1) is 5.82 Å². The number of amides is 3. The second-order valence-electron chi connectivity index (χ2n) is 7.36. The van der Waals surface area contributed by atoms with Gasteiger partial charge in [-0.1, -0.05) is 17.7 Å². The third-order valence-corrected chi connectivity index (χ3v) is 5.48. The molecule has 3 N–H and O–H groups in total. The van der Waals surface area contributed by atoms with Crippen LogP contribution in [0.25, 0.3) is 0 Å². The summed E-state index contributed by atoms with van der Waals surface area (Å²) in [4.78, 5) is 37.7. The Bertz CT molecular complexity index is 1080. The van der Waals surface area contributed by atoms with E-state index < -0.39 is 23.6 Å². The zero-order valence-corrected chi connectivity index (χ0v) is 17.0. The number of nitrogens with one attached hydrogen (secondary N) is 2. The number of carbonyl (C=O) groups excluding carboxylic acids is 3. The predicted octanol–water partition coefficient (Wildman–Crippen LogP) is 2.72. The minimum Gasteiger partial charge on any atom is -0.407 e. The Morgan fingerprint density at radius 1 is 1.26 bits per heavy atom. The van der Waals surface area contributed by atoms with Crippen LogP contribution >= 0.6 is 11.6 Å². The number of fused-ring (bicyclic) bond motifs is 1. The highest BCUT2D eigenvalue weighted by atomic mass is 35.5. The number of hydrogen-bond donors (Lipinski definition) is 3. The normalized spacial score (nSPS) is 20.3. The number of halogens is 2. The van der Waals surface area contributed by atoms with Crippen LogP contribution in [0.3, 0.4) is 0 Å². The third-order valence-electron chi connectivity index (χ3n) is 5.25. The highest BCUT2D eigenvalue weighted by molar-refractivity contribution is 6.30. The molecule has 0 aliphatic carbocycles. The van der Waals surface area contributed by atoms with Gasteiger partial charge in [-0.05, 0) is 42.3 Å². The molecule has 0 aromatic heterocycles. The number of anilines is 2. The van der Waals surface area contributed by atoms with E-state index in [0.29, 0.717) is 24.2 Å². The van der Waals surface area contributed by atoms with E-state index in [9.17, 15) is 23.9 Å². The average Bonchev–Trinajstić information content (AvgIpc) is 3.01. The number of hydrogen-bond acceptors (Lipinski definition) is 5. The molecule has 0 unspecified atom stereocenters. The first kappa shape index (κ1) is 21.1. The summed E-state index contributed by atoms with van der Waals surface area (Å²) in [5.41, 5.74) is 2.27. The quantitative estimate of drug-likeness (QED) is 0.624. The molecule has 1 saturated heterocycles. The summed E-state index contributed by atoms with van der Waals surface area (Å²) in [7, 11) is 0. The van der Waals surface area contributed by atoms with Crippen molar-refractivity contribution in [3.05, 3.63) is 58.4 Å². The van der Waals surface area contributed by atoms with Crippen LogP contribution in [-0.2, 0) is 27.3 Å². The van der Waals surface area contributed by atoms with Crippen molar-refractivity contribution < 1.29 is 28.6 Å². The molecule has 8 nitrogen and oxygen atoms in total. The molecule has 0 spiro atoms. The fraction of sp³-hybridized carbons (Fsp3) is 0.286. The number of rotatable bonds is 4. The zero-order valence-electron chi connectivity index (χ0n) is 16.3. The van der Waals surface area contributed by atoms with Crippen LogP contribution in [0.4, 0.5) is 20.6 Å². The van der Waals surface area contributed by atoms with E-state index in [4.69, 9.17) is 16.3 Å². The van der Waals surface area contributed by atoms with E-state index in [1.54, 1.807) is 18.2 Å². The number of nitrogens with zero attached hydrogens (tertiary/aromatic N) is 1. The summed E-state index contributed by atoms with van der Waals surface area (Å²) in [5.74, 6) is -3.77. The third kappa shape index (κ3) is 4.33. The molecule has 2 heterocycles. The topological polar surface area (TPSA) is 108 Å². The van der Waals surface area contributed by atoms with Crippen molar-refractivity contribution in [3.8, 4) is 0 Å². The number of benzene rings is 2. The smallest absolute Gasteiger partial charge is 0.407 e. The number of ether oxygens (including phenoxy) is 1. The molecule has 1 fully saturated rings. The lowest BCUT2D eigenvalue weighted by molar-refractivity contribution is -0.175. The van der Waals surface area contributed by atoms with E-state index in [0.717, 1.165) is 11.6 Å². The van der Waals surface area contributed by atoms with Gasteiger partial charge in [0, 0.05) is 47.9 Å². The molecule has 0 bridgehead atoms. The van der Waals surface area contributed by atoms with Crippen molar-refractivity contribution in [1.29, 1.82) is 0 Å². The molecule has 1 atom stereocenters. The SMILES string of the molecule is O=C1CCc2cc(N3CC[C@](O)(OC(=O)NCc4ccc(Cl)cc4F)C3=O)ccc2N1. The Morgan fingerprint density at radius 2 is 2.06 bits per heavy atom. The molecule has 2 aliphatic rings. The van der Waals surface area contributed by atoms with Crippen molar-refractivity contribution >= 4 is 40.9 Å². The van der Waals surface area contributed by atoms with Gasteiger partial charge in [0.2, 0.25) is 5.91 Å². The maximum absolute atomic E-state index is 13.8. The standard InChI is InChI=1S/C21H19ClFN3O5/c22-14-3-1-13(16(23)10-14)11-24-20(29)31-21(30)7-8-26(19(21)28)15-4-5-17-12(9-15)2-6-18(27)25-17/h1,3-5,9-10,30H,2,6-8,11H2,(H,24,29)(H,25,27)/t21-/m0/s1. The van der Waals surface area contributed by atoms with Gasteiger partial charge in [-0.25, -0.2) is 9.18 Å². The summed E-state index contributed by atoms with van der Waals surface area (Å²) in [5, 5.41) is 15.9. The monoisotopic (exact) mass is 447 g/mol. The van der Waals surface area contributed by atoms with E-state index >= 15 is 0 Å². The second kappa shape index (κ2) is 8.16. The van der Waals surface area contributed by atoms with Crippen molar-refractivity contribution in [1.82, 2.24) is 5.32 Å². The molecule has 2 aliphatic heterocycles. The summed E-state index contributed by atoms with van der Waals surface area (Å²) in [6, 6.07) is 9.11. The molecule has 4 rings (SSSR count). The van der Waals surface area contributed by atoms with E-state index in [-0.39, 0.29) is 36.0 Å². The van der Waals surface area contributed by atoms with Crippen LogP contribution in [0.5, 0.6) is 0 Å². The maximum Gasteiger partial charge on any atom is 0.410 e. The highest BCUT2D eigenvalue weighted by Gasteiger charge is 2.49. The van der Waals surface area contributed by atoms with Crippen molar-refractivity contribution in [2.24, 2.45) is 0 Å². The summed E-state index contributed by atoms with van der Waals surface area (Å²) in [6.07, 6.45) is -0.282. The minimum atomic E-state index is -2.33.